The van der Waals surface area contributed by atoms with Gasteiger partial charge in [-0.05, 0) is 56.1 Å². The van der Waals surface area contributed by atoms with Crippen LogP contribution in [0, 0.1) is 11.7 Å². The van der Waals surface area contributed by atoms with Crippen molar-refractivity contribution >= 4 is 30.1 Å². The molecule has 0 spiro atoms. The molecule has 0 aliphatic carbocycles. The first-order valence-electron chi connectivity index (χ1n) is 6.60. The topological polar surface area (TPSA) is 41.1 Å². The van der Waals surface area contributed by atoms with E-state index in [0.29, 0.717) is 11.7 Å². The molecule has 1 aromatic carbocycles. The highest BCUT2D eigenvalue weighted by Crippen LogP contribution is 2.17. The third kappa shape index (κ3) is 6.11. The molecule has 1 saturated heterocycles. The Labute approximate surface area is 129 Å². The Morgan fingerprint density at radius 3 is 2.80 bits per heavy atom. The van der Waals surface area contributed by atoms with Crippen LogP contribution in [-0.2, 0) is 4.79 Å². The van der Waals surface area contributed by atoms with Gasteiger partial charge in [-0.2, -0.15) is 0 Å². The van der Waals surface area contributed by atoms with Crippen LogP contribution in [0.15, 0.2) is 29.2 Å². The standard InChI is InChI=1S/C14H19FN2OS.ClH/c15-12-3-5-13(6-4-12)19-10-14(18)17-9-11-2-1-7-16-8-11;/h3-6,11,16H,1-2,7-10H2,(H,17,18);1H. The van der Waals surface area contributed by atoms with Gasteiger partial charge in [-0.15, -0.1) is 24.2 Å². The second-order valence-electron chi connectivity index (χ2n) is 4.76. The summed E-state index contributed by atoms with van der Waals surface area (Å²) >= 11 is 1.43. The average Bonchev–Trinajstić information content (AvgIpc) is 2.45. The fourth-order valence-corrected chi connectivity index (χ4v) is 2.82. The summed E-state index contributed by atoms with van der Waals surface area (Å²) in [5.74, 6) is 0.721. The predicted molar refractivity (Wildman–Crippen MR) is 83.0 cm³/mol. The van der Waals surface area contributed by atoms with Crippen molar-refractivity contribution in [3.63, 3.8) is 0 Å². The number of thioether (sulfide) groups is 1. The van der Waals surface area contributed by atoms with Crippen LogP contribution in [0.5, 0.6) is 0 Å². The molecule has 0 bridgehead atoms. The Kier molecular flexibility index (Phi) is 7.95. The average molecular weight is 319 g/mol. The lowest BCUT2D eigenvalue weighted by Crippen LogP contribution is -2.38. The number of benzene rings is 1. The first-order chi connectivity index (χ1) is 9.24. The highest BCUT2D eigenvalue weighted by atomic mass is 35.5. The number of nitrogens with one attached hydrogen (secondary N) is 2. The van der Waals surface area contributed by atoms with Crippen molar-refractivity contribution in [3.05, 3.63) is 30.1 Å². The highest BCUT2D eigenvalue weighted by molar-refractivity contribution is 8.00. The van der Waals surface area contributed by atoms with Crippen molar-refractivity contribution in [1.82, 2.24) is 10.6 Å². The van der Waals surface area contributed by atoms with E-state index in [2.05, 4.69) is 10.6 Å². The summed E-state index contributed by atoms with van der Waals surface area (Å²) in [6, 6.07) is 6.21. The van der Waals surface area contributed by atoms with Crippen molar-refractivity contribution < 1.29 is 9.18 Å². The molecular weight excluding hydrogens is 299 g/mol. The summed E-state index contributed by atoms with van der Waals surface area (Å²) in [7, 11) is 0. The molecule has 1 fully saturated rings. The number of halogens is 2. The lowest BCUT2D eigenvalue weighted by Gasteiger charge is -2.22. The molecule has 1 aliphatic rings. The Morgan fingerprint density at radius 1 is 1.40 bits per heavy atom. The minimum atomic E-state index is -0.251. The van der Waals surface area contributed by atoms with E-state index in [1.54, 1.807) is 12.1 Å². The van der Waals surface area contributed by atoms with Gasteiger partial charge in [0.25, 0.3) is 0 Å². The van der Waals surface area contributed by atoms with Crippen molar-refractivity contribution in [3.8, 4) is 0 Å². The number of hydrogen-bond donors (Lipinski definition) is 2. The molecule has 0 saturated carbocycles. The largest absolute Gasteiger partial charge is 0.355 e. The zero-order chi connectivity index (χ0) is 13.5. The maximum absolute atomic E-state index is 12.7. The molecule has 1 atom stereocenters. The number of piperidine rings is 1. The molecular formula is C14H20ClFN2OS. The molecule has 2 N–H and O–H groups in total. The Hall–Kier alpha value is -0.780. The van der Waals surface area contributed by atoms with Crippen LogP contribution in [0.3, 0.4) is 0 Å². The first-order valence-corrected chi connectivity index (χ1v) is 7.58. The minimum absolute atomic E-state index is 0. The molecule has 0 radical (unpaired) electrons. The van der Waals surface area contributed by atoms with Gasteiger partial charge in [0, 0.05) is 11.4 Å². The fraction of sp³-hybridized carbons (Fsp3) is 0.500. The van der Waals surface area contributed by atoms with Gasteiger partial charge in [0.2, 0.25) is 5.91 Å². The van der Waals surface area contributed by atoms with Crippen molar-refractivity contribution in [2.45, 2.75) is 17.7 Å². The van der Waals surface area contributed by atoms with E-state index in [4.69, 9.17) is 0 Å². The normalized spacial score (nSPS) is 18.1. The number of hydrogen-bond acceptors (Lipinski definition) is 3. The summed E-state index contributed by atoms with van der Waals surface area (Å²) < 4.78 is 12.7. The van der Waals surface area contributed by atoms with Crippen LogP contribution in [0.25, 0.3) is 0 Å². The third-order valence-electron chi connectivity index (χ3n) is 3.17. The Morgan fingerprint density at radius 2 is 2.15 bits per heavy atom. The Balaban J connectivity index is 0.00000200. The van der Waals surface area contributed by atoms with Crippen molar-refractivity contribution in [2.24, 2.45) is 5.92 Å². The van der Waals surface area contributed by atoms with Gasteiger partial charge in [-0.1, -0.05) is 0 Å². The van der Waals surface area contributed by atoms with E-state index in [0.717, 1.165) is 24.5 Å². The summed E-state index contributed by atoms with van der Waals surface area (Å²) in [5.41, 5.74) is 0. The number of rotatable bonds is 5. The van der Waals surface area contributed by atoms with Crippen LogP contribution in [0.1, 0.15) is 12.8 Å². The van der Waals surface area contributed by atoms with Crippen LogP contribution in [0.2, 0.25) is 0 Å². The van der Waals surface area contributed by atoms with Crippen LogP contribution in [-0.4, -0.2) is 31.3 Å². The van der Waals surface area contributed by atoms with Crippen molar-refractivity contribution in [2.75, 3.05) is 25.4 Å². The number of carbonyl (C=O) groups excluding carboxylic acids is 1. The fourth-order valence-electron chi connectivity index (χ4n) is 2.09. The van der Waals surface area contributed by atoms with E-state index >= 15 is 0 Å². The zero-order valence-electron chi connectivity index (χ0n) is 11.2. The molecule has 1 amide bonds. The van der Waals surface area contributed by atoms with E-state index in [1.807, 2.05) is 0 Å². The van der Waals surface area contributed by atoms with Gasteiger partial charge in [0.05, 0.1) is 5.75 Å². The van der Waals surface area contributed by atoms with E-state index in [9.17, 15) is 9.18 Å². The maximum Gasteiger partial charge on any atom is 0.230 e. The van der Waals surface area contributed by atoms with Gasteiger partial charge in [-0.3, -0.25) is 4.79 Å². The molecule has 1 aliphatic heterocycles. The lowest BCUT2D eigenvalue weighted by atomic mass is 10.00. The molecule has 112 valence electrons. The minimum Gasteiger partial charge on any atom is -0.355 e. The van der Waals surface area contributed by atoms with Crippen LogP contribution >= 0.6 is 24.2 Å². The second kappa shape index (κ2) is 9.21. The monoisotopic (exact) mass is 318 g/mol. The van der Waals surface area contributed by atoms with Gasteiger partial charge in [0.1, 0.15) is 5.82 Å². The van der Waals surface area contributed by atoms with Crippen molar-refractivity contribution in [1.29, 1.82) is 0 Å². The summed E-state index contributed by atoms with van der Waals surface area (Å²) in [6.07, 6.45) is 2.36. The Bertz CT molecular complexity index is 410. The van der Waals surface area contributed by atoms with E-state index in [1.165, 1.54) is 36.7 Å². The first kappa shape index (κ1) is 17.3. The van der Waals surface area contributed by atoms with Gasteiger partial charge < -0.3 is 10.6 Å². The molecule has 1 unspecified atom stereocenters. The molecule has 20 heavy (non-hydrogen) atoms. The predicted octanol–water partition coefficient (Wildman–Crippen LogP) is 2.46. The van der Waals surface area contributed by atoms with E-state index in [-0.39, 0.29) is 24.1 Å². The third-order valence-corrected chi connectivity index (χ3v) is 4.18. The molecule has 2 rings (SSSR count). The second-order valence-corrected chi connectivity index (χ2v) is 5.81. The molecule has 6 heteroatoms. The van der Waals surface area contributed by atoms with Gasteiger partial charge >= 0.3 is 0 Å². The molecule has 1 heterocycles. The van der Waals surface area contributed by atoms with E-state index < -0.39 is 0 Å². The molecule has 0 aromatic heterocycles. The number of amides is 1. The highest BCUT2D eigenvalue weighted by Gasteiger charge is 2.13. The number of carbonyl (C=O) groups is 1. The maximum atomic E-state index is 12.7. The van der Waals surface area contributed by atoms with Crippen LogP contribution < -0.4 is 10.6 Å². The van der Waals surface area contributed by atoms with Gasteiger partial charge in [-0.25, -0.2) is 4.39 Å². The van der Waals surface area contributed by atoms with Gasteiger partial charge in [0.15, 0.2) is 0 Å². The summed E-state index contributed by atoms with van der Waals surface area (Å²) in [6.45, 7) is 2.83. The molecule has 3 nitrogen and oxygen atoms in total. The quantitative estimate of drug-likeness (QED) is 0.819. The van der Waals surface area contributed by atoms with Crippen LogP contribution in [0.4, 0.5) is 4.39 Å². The summed E-state index contributed by atoms with van der Waals surface area (Å²) in [4.78, 5) is 12.6. The summed E-state index contributed by atoms with van der Waals surface area (Å²) in [5, 5.41) is 6.29. The smallest absolute Gasteiger partial charge is 0.230 e. The molecule has 1 aromatic rings. The zero-order valence-corrected chi connectivity index (χ0v) is 12.9. The lowest BCUT2D eigenvalue weighted by molar-refractivity contribution is -0.118. The SMILES string of the molecule is Cl.O=C(CSc1ccc(F)cc1)NCC1CCCNC1.